The third-order valence-electron chi connectivity index (χ3n) is 6.73. The number of aliphatic carboxylic acids is 2. The van der Waals surface area contributed by atoms with Crippen LogP contribution in [0.5, 0.6) is 0 Å². The van der Waals surface area contributed by atoms with E-state index in [0.29, 0.717) is 39.3 Å². The van der Waals surface area contributed by atoms with Gasteiger partial charge in [0.2, 0.25) is 0 Å². The molecule has 0 fully saturated rings. The van der Waals surface area contributed by atoms with Crippen LogP contribution in [0.1, 0.15) is 65.7 Å². The zero-order valence-electron chi connectivity index (χ0n) is 23.4. The normalized spacial score (nSPS) is 13.0. The number of hydrogen-bond acceptors (Lipinski definition) is 9. The van der Waals surface area contributed by atoms with Crippen molar-refractivity contribution in [1.29, 1.82) is 0 Å². The molecule has 0 heterocycles. The van der Waals surface area contributed by atoms with Crippen LogP contribution in [0.15, 0.2) is 0 Å². The van der Waals surface area contributed by atoms with Gasteiger partial charge in [0.25, 0.3) is 0 Å². The minimum absolute atomic E-state index is 0.0306. The maximum atomic E-state index is 12.9. The van der Waals surface area contributed by atoms with Crippen LogP contribution in [0.3, 0.4) is 0 Å². The first kappa shape index (κ1) is 34.9. The van der Waals surface area contributed by atoms with Gasteiger partial charge < -0.3 is 25.6 Å². The van der Waals surface area contributed by atoms with Gasteiger partial charge in [0.1, 0.15) is 0 Å². The predicted octanol–water partition coefficient (Wildman–Crippen LogP) is 1.46. The Balaban J connectivity index is 4.63. The molecule has 0 rings (SSSR count). The minimum atomic E-state index is -0.984. The van der Waals surface area contributed by atoms with Crippen molar-refractivity contribution in [1.82, 2.24) is 20.4 Å². The van der Waals surface area contributed by atoms with Crippen molar-refractivity contribution < 1.29 is 34.1 Å². The van der Waals surface area contributed by atoms with Crippen LogP contribution in [0.25, 0.3) is 0 Å². The van der Waals surface area contributed by atoms with Crippen molar-refractivity contribution in [2.45, 2.75) is 65.7 Å². The van der Waals surface area contributed by atoms with Crippen LogP contribution in [0.4, 0.5) is 0 Å². The molecule has 0 bridgehead atoms. The SMILES string of the molecule is CCCCCCCC(C)(CC)C(=O)CNCCN(CCN(CCNCC(=O)OC)CC(=O)O)CC(=O)O. The van der Waals surface area contributed by atoms with E-state index in [1.54, 1.807) is 9.80 Å². The minimum Gasteiger partial charge on any atom is -0.480 e. The lowest BCUT2D eigenvalue weighted by Gasteiger charge is -2.28. The number of esters is 1. The lowest BCUT2D eigenvalue weighted by molar-refractivity contribution is -0.140. The average molecular weight is 531 g/mol. The molecule has 0 saturated heterocycles. The van der Waals surface area contributed by atoms with Crippen LogP contribution in [0.2, 0.25) is 0 Å². The van der Waals surface area contributed by atoms with E-state index in [2.05, 4.69) is 22.3 Å². The van der Waals surface area contributed by atoms with Gasteiger partial charge in [-0.15, -0.1) is 0 Å². The molecule has 0 saturated carbocycles. The zero-order valence-corrected chi connectivity index (χ0v) is 23.4. The van der Waals surface area contributed by atoms with E-state index in [0.717, 1.165) is 25.7 Å². The molecule has 0 aromatic heterocycles. The zero-order chi connectivity index (χ0) is 28.1. The van der Waals surface area contributed by atoms with Crippen molar-refractivity contribution >= 4 is 23.7 Å². The number of carboxylic acids is 2. The number of methoxy groups -OCH3 is 1. The van der Waals surface area contributed by atoms with Gasteiger partial charge in [-0.1, -0.05) is 52.9 Å². The molecule has 0 amide bonds. The number of nitrogens with one attached hydrogen (secondary N) is 2. The van der Waals surface area contributed by atoms with Crippen molar-refractivity contribution in [2.24, 2.45) is 5.41 Å². The fraction of sp³-hybridized carbons (Fsp3) is 0.846. The topological polar surface area (TPSA) is 149 Å². The summed E-state index contributed by atoms with van der Waals surface area (Å²) in [6, 6.07) is 0. The Hall–Kier alpha value is -2.08. The standard InChI is InChI=1S/C26H50N4O7/c1-5-7-8-9-10-11-26(3,6-2)22(31)18-27-12-14-29(20-23(32)33)16-17-30(21-24(34)35)15-13-28-19-25(36)37-4/h27-28H,5-21H2,1-4H3,(H,32,33)(H,34,35). The van der Waals surface area contributed by atoms with Gasteiger partial charge in [-0.2, -0.15) is 0 Å². The van der Waals surface area contributed by atoms with E-state index in [-0.39, 0.29) is 37.4 Å². The molecule has 0 aliphatic rings. The quantitative estimate of drug-likeness (QED) is 0.100. The lowest BCUT2D eigenvalue weighted by Crippen LogP contribution is -2.45. The molecule has 0 aliphatic heterocycles. The fourth-order valence-electron chi connectivity index (χ4n) is 3.99. The molecule has 0 aromatic rings. The van der Waals surface area contributed by atoms with Gasteiger partial charge >= 0.3 is 17.9 Å². The van der Waals surface area contributed by atoms with Crippen LogP contribution in [-0.2, 0) is 23.9 Å². The molecule has 37 heavy (non-hydrogen) atoms. The van der Waals surface area contributed by atoms with Crippen LogP contribution in [0, 0.1) is 5.41 Å². The number of rotatable bonds is 25. The maximum absolute atomic E-state index is 12.9. The van der Waals surface area contributed by atoms with E-state index < -0.39 is 17.9 Å². The lowest BCUT2D eigenvalue weighted by atomic mass is 9.78. The highest BCUT2D eigenvalue weighted by molar-refractivity contribution is 5.86. The molecular formula is C26H50N4O7. The number of carbonyl (C=O) groups is 4. The number of ether oxygens (including phenoxy) is 1. The molecule has 11 heteroatoms. The first-order valence-electron chi connectivity index (χ1n) is 13.5. The molecule has 0 aromatic carbocycles. The largest absolute Gasteiger partial charge is 0.480 e. The number of Topliss-reactive ketones (excluding diaryl/α,β-unsaturated/α-hetero) is 1. The van der Waals surface area contributed by atoms with Gasteiger partial charge in [-0.05, 0) is 12.8 Å². The molecule has 0 spiro atoms. The summed E-state index contributed by atoms with van der Waals surface area (Å²) < 4.78 is 4.56. The second kappa shape index (κ2) is 20.9. The van der Waals surface area contributed by atoms with Crippen molar-refractivity contribution in [2.75, 3.05) is 72.6 Å². The second-order valence-corrected chi connectivity index (χ2v) is 9.77. The average Bonchev–Trinajstić information content (AvgIpc) is 2.85. The number of unbranched alkanes of at least 4 members (excludes halogenated alkanes) is 4. The van der Waals surface area contributed by atoms with Gasteiger partial charge in [0, 0.05) is 44.7 Å². The van der Waals surface area contributed by atoms with E-state index >= 15 is 0 Å². The Morgan fingerprint density at radius 3 is 1.76 bits per heavy atom. The Kier molecular flexibility index (Phi) is 19.7. The number of carboxylic acid groups (broad SMARTS) is 2. The van der Waals surface area contributed by atoms with Crippen molar-refractivity contribution in [3.8, 4) is 0 Å². The number of ketones is 1. The molecule has 0 radical (unpaired) electrons. The highest BCUT2D eigenvalue weighted by Crippen LogP contribution is 2.29. The summed E-state index contributed by atoms with van der Waals surface area (Å²) in [6.07, 6.45) is 7.50. The van der Waals surface area contributed by atoms with Gasteiger partial charge in [-0.3, -0.25) is 29.0 Å². The monoisotopic (exact) mass is 530 g/mol. The summed E-state index contributed by atoms with van der Waals surface area (Å²) in [5.41, 5.74) is -0.348. The molecule has 0 aliphatic carbocycles. The van der Waals surface area contributed by atoms with Crippen molar-refractivity contribution in [3.05, 3.63) is 0 Å². The van der Waals surface area contributed by atoms with E-state index in [4.69, 9.17) is 0 Å². The van der Waals surface area contributed by atoms with Gasteiger partial charge in [0.05, 0.1) is 33.3 Å². The highest BCUT2D eigenvalue weighted by atomic mass is 16.5. The van der Waals surface area contributed by atoms with Crippen LogP contribution >= 0.6 is 0 Å². The molecule has 1 atom stereocenters. The number of hydrogen-bond donors (Lipinski definition) is 4. The van der Waals surface area contributed by atoms with Crippen molar-refractivity contribution in [3.63, 3.8) is 0 Å². The van der Waals surface area contributed by atoms with Gasteiger partial charge in [-0.25, -0.2) is 0 Å². The Morgan fingerprint density at radius 1 is 0.784 bits per heavy atom. The summed E-state index contributed by atoms with van der Waals surface area (Å²) in [6.45, 7) is 8.52. The number of carbonyl (C=O) groups excluding carboxylic acids is 2. The summed E-state index contributed by atoms with van der Waals surface area (Å²) in [4.78, 5) is 50.0. The predicted molar refractivity (Wildman–Crippen MR) is 143 cm³/mol. The number of nitrogens with zero attached hydrogens (tertiary/aromatic N) is 2. The Morgan fingerprint density at radius 2 is 1.30 bits per heavy atom. The maximum Gasteiger partial charge on any atom is 0.319 e. The molecular weight excluding hydrogens is 480 g/mol. The first-order chi connectivity index (χ1) is 17.6. The van der Waals surface area contributed by atoms with E-state index in [1.807, 2.05) is 13.8 Å². The Labute approximate surface area is 222 Å². The Bertz CT molecular complexity index is 677. The van der Waals surface area contributed by atoms with E-state index in [1.165, 1.54) is 26.4 Å². The summed E-state index contributed by atoms with van der Waals surface area (Å²) >= 11 is 0. The molecule has 216 valence electrons. The van der Waals surface area contributed by atoms with Crippen LogP contribution in [-0.4, -0.2) is 116 Å². The smallest absolute Gasteiger partial charge is 0.319 e. The van der Waals surface area contributed by atoms with Crippen LogP contribution < -0.4 is 10.6 Å². The first-order valence-corrected chi connectivity index (χ1v) is 13.5. The third kappa shape index (κ3) is 17.9. The fourth-order valence-corrected chi connectivity index (χ4v) is 3.99. The highest BCUT2D eigenvalue weighted by Gasteiger charge is 2.29. The van der Waals surface area contributed by atoms with Gasteiger partial charge in [0.15, 0.2) is 5.78 Å². The second-order valence-electron chi connectivity index (χ2n) is 9.77. The summed E-state index contributed by atoms with van der Waals surface area (Å²) in [5.74, 6) is -2.18. The molecule has 11 nitrogen and oxygen atoms in total. The summed E-state index contributed by atoms with van der Waals surface area (Å²) in [5, 5.41) is 24.5. The summed E-state index contributed by atoms with van der Waals surface area (Å²) in [7, 11) is 1.29. The molecule has 1 unspecified atom stereocenters. The van der Waals surface area contributed by atoms with E-state index in [9.17, 15) is 29.4 Å². The third-order valence-corrected chi connectivity index (χ3v) is 6.73. The molecule has 4 N–H and O–H groups in total.